The van der Waals surface area contributed by atoms with Gasteiger partial charge in [0.05, 0.1) is 21.3 Å². The van der Waals surface area contributed by atoms with Crippen LogP contribution < -0.4 is 16.8 Å². The Morgan fingerprint density at radius 2 is 1.45 bits per heavy atom. The van der Waals surface area contributed by atoms with E-state index in [9.17, 15) is 9.59 Å². The molecule has 0 aromatic heterocycles. The van der Waals surface area contributed by atoms with E-state index >= 15 is 0 Å². The van der Waals surface area contributed by atoms with Gasteiger partial charge in [-0.2, -0.15) is 0 Å². The summed E-state index contributed by atoms with van der Waals surface area (Å²) < 4.78 is 16.9. The van der Waals surface area contributed by atoms with Gasteiger partial charge in [0.15, 0.2) is 8.32 Å². The van der Waals surface area contributed by atoms with Gasteiger partial charge in [-0.25, -0.2) is 9.59 Å². The Hall–Kier alpha value is -1.11. The zero-order valence-corrected chi connectivity index (χ0v) is 22.7. The Bertz CT molecular complexity index is 531. The third kappa shape index (κ3) is 14.6. The standard InChI is InChI=1S/C21H47N3O5Si2/c1-21(2,30(3,4)17-11-15-27-19(23)25)29-31(5,6)18-12-16-28-20(26)24-14-10-8-7-9-13-22/h7-18,22H2,1-6H3,(H2,23,25)(H,24,26). The average Bonchev–Trinajstić information content (AvgIpc) is 2.64. The van der Waals surface area contributed by atoms with Gasteiger partial charge >= 0.3 is 12.2 Å². The molecule has 0 aromatic rings. The lowest BCUT2D eigenvalue weighted by Gasteiger charge is -2.45. The number of amides is 2. The summed E-state index contributed by atoms with van der Waals surface area (Å²) in [5, 5.41) is 2.60. The fourth-order valence-corrected chi connectivity index (χ4v) is 9.44. The lowest BCUT2D eigenvalue weighted by molar-refractivity contribution is 0.142. The topological polar surface area (TPSA) is 126 Å². The van der Waals surface area contributed by atoms with E-state index in [1.165, 1.54) is 0 Å². The maximum Gasteiger partial charge on any atom is 0.407 e. The van der Waals surface area contributed by atoms with Crippen LogP contribution in [0.15, 0.2) is 0 Å². The summed E-state index contributed by atoms with van der Waals surface area (Å²) in [4.78, 5) is 22.5. The van der Waals surface area contributed by atoms with Crippen LogP contribution in [0.4, 0.5) is 9.59 Å². The van der Waals surface area contributed by atoms with Crippen molar-refractivity contribution in [1.29, 1.82) is 0 Å². The highest BCUT2D eigenvalue weighted by Gasteiger charge is 2.43. The summed E-state index contributed by atoms with van der Waals surface area (Å²) >= 11 is 0. The molecule has 184 valence electrons. The quantitative estimate of drug-likeness (QED) is 0.211. The molecule has 5 N–H and O–H groups in total. The Kier molecular flexibility index (Phi) is 14.3. The van der Waals surface area contributed by atoms with E-state index in [-0.39, 0.29) is 11.3 Å². The molecule has 0 radical (unpaired) electrons. The van der Waals surface area contributed by atoms with Crippen molar-refractivity contribution in [2.24, 2.45) is 11.5 Å². The highest BCUT2D eigenvalue weighted by atomic mass is 28.4. The average molecular weight is 478 g/mol. The van der Waals surface area contributed by atoms with Crippen LogP contribution in [0.5, 0.6) is 0 Å². The minimum atomic E-state index is -1.92. The van der Waals surface area contributed by atoms with Gasteiger partial charge < -0.3 is 30.7 Å². The maximum absolute atomic E-state index is 11.8. The second kappa shape index (κ2) is 14.9. The van der Waals surface area contributed by atoms with Gasteiger partial charge in [0.25, 0.3) is 0 Å². The number of nitrogens with one attached hydrogen (secondary N) is 1. The maximum atomic E-state index is 11.8. The predicted molar refractivity (Wildman–Crippen MR) is 131 cm³/mol. The number of ether oxygens (including phenoxy) is 2. The van der Waals surface area contributed by atoms with Crippen molar-refractivity contribution in [2.75, 3.05) is 26.3 Å². The lowest BCUT2D eigenvalue weighted by atomic mass is 10.2. The number of alkyl carbamates (subject to hydrolysis) is 1. The minimum Gasteiger partial charge on any atom is -0.450 e. The van der Waals surface area contributed by atoms with Crippen molar-refractivity contribution in [3.05, 3.63) is 0 Å². The first kappa shape index (κ1) is 29.9. The molecule has 2 amide bonds. The minimum absolute atomic E-state index is 0.197. The van der Waals surface area contributed by atoms with Crippen LogP contribution >= 0.6 is 0 Å². The molecule has 0 saturated heterocycles. The lowest BCUT2D eigenvalue weighted by Crippen LogP contribution is -2.56. The van der Waals surface area contributed by atoms with Crippen molar-refractivity contribution in [3.63, 3.8) is 0 Å². The first-order valence-electron chi connectivity index (χ1n) is 11.6. The van der Waals surface area contributed by atoms with E-state index < -0.39 is 22.5 Å². The van der Waals surface area contributed by atoms with Crippen molar-refractivity contribution < 1.29 is 23.5 Å². The van der Waals surface area contributed by atoms with Gasteiger partial charge in [-0.3, -0.25) is 0 Å². The summed E-state index contributed by atoms with van der Waals surface area (Å²) in [6, 6.07) is 1.92. The van der Waals surface area contributed by atoms with E-state index in [0.29, 0.717) is 19.8 Å². The molecule has 0 rings (SSSR count). The molecule has 0 aliphatic carbocycles. The number of rotatable bonds is 17. The molecule has 0 aromatic carbocycles. The van der Waals surface area contributed by atoms with Gasteiger partial charge in [-0.05, 0) is 65.2 Å². The predicted octanol–water partition coefficient (Wildman–Crippen LogP) is 4.36. The highest BCUT2D eigenvalue weighted by molar-refractivity contribution is 6.81. The zero-order chi connectivity index (χ0) is 24.0. The SMILES string of the molecule is CC(C)(O[Si](C)(C)CCCOC(=O)NCCCCCCN)[Si](C)(C)CCCOC(N)=O. The van der Waals surface area contributed by atoms with E-state index in [2.05, 4.69) is 45.4 Å². The normalized spacial score (nSPS) is 12.5. The summed E-state index contributed by atoms with van der Waals surface area (Å²) in [6.07, 6.45) is 4.69. The first-order valence-corrected chi connectivity index (χ1v) is 17.9. The second-order valence-corrected chi connectivity index (χ2v) is 19.6. The molecule has 10 heteroatoms. The van der Waals surface area contributed by atoms with E-state index in [1.807, 2.05) is 0 Å². The van der Waals surface area contributed by atoms with Crippen LogP contribution in [0.1, 0.15) is 52.4 Å². The van der Waals surface area contributed by atoms with Crippen LogP contribution in [0.2, 0.25) is 38.3 Å². The summed E-state index contributed by atoms with van der Waals surface area (Å²) in [5.74, 6) is 0. The molecular formula is C21H47N3O5Si2. The molecular weight excluding hydrogens is 430 g/mol. The number of unbranched alkanes of at least 4 members (excludes halogenated alkanes) is 3. The summed E-state index contributed by atoms with van der Waals surface area (Å²) in [7, 11) is -3.65. The first-order chi connectivity index (χ1) is 14.3. The number of hydrogen-bond donors (Lipinski definition) is 3. The third-order valence-electron chi connectivity index (χ3n) is 5.91. The van der Waals surface area contributed by atoms with Gasteiger partial charge in [-0.1, -0.05) is 32.0 Å². The Labute approximate surface area is 191 Å². The molecule has 31 heavy (non-hydrogen) atoms. The molecule has 0 aliphatic heterocycles. The van der Waals surface area contributed by atoms with Gasteiger partial charge in [0, 0.05) is 11.8 Å². The third-order valence-corrected chi connectivity index (χ3v) is 13.7. The summed E-state index contributed by atoms with van der Waals surface area (Å²) in [6.45, 7) is 15.6. The van der Waals surface area contributed by atoms with E-state index in [4.69, 9.17) is 25.4 Å². The molecule has 8 nitrogen and oxygen atoms in total. The molecule has 0 heterocycles. The Morgan fingerprint density at radius 1 is 0.871 bits per heavy atom. The van der Waals surface area contributed by atoms with Crippen LogP contribution in [-0.4, -0.2) is 60.1 Å². The molecule has 0 atom stereocenters. The number of hydrogen-bond acceptors (Lipinski definition) is 6. The van der Waals surface area contributed by atoms with Crippen LogP contribution in [0.3, 0.4) is 0 Å². The monoisotopic (exact) mass is 477 g/mol. The van der Waals surface area contributed by atoms with Crippen LogP contribution in [-0.2, 0) is 13.9 Å². The molecule has 0 fully saturated rings. The van der Waals surface area contributed by atoms with Crippen LogP contribution in [0, 0.1) is 0 Å². The highest BCUT2D eigenvalue weighted by Crippen LogP contribution is 2.33. The van der Waals surface area contributed by atoms with Crippen LogP contribution in [0.25, 0.3) is 0 Å². The van der Waals surface area contributed by atoms with Crippen molar-refractivity contribution in [2.45, 2.75) is 95.9 Å². The smallest absolute Gasteiger partial charge is 0.407 e. The summed E-state index contributed by atoms with van der Waals surface area (Å²) in [5.41, 5.74) is 10.5. The Balaban J connectivity index is 4.20. The van der Waals surface area contributed by atoms with Crippen molar-refractivity contribution in [3.8, 4) is 0 Å². The largest absolute Gasteiger partial charge is 0.450 e. The number of primary amides is 1. The molecule has 0 saturated carbocycles. The van der Waals surface area contributed by atoms with Crippen molar-refractivity contribution in [1.82, 2.24) is 5.32 Å². The zero-order valence-electron chi connectivity index (χ0n) is 20.7. The van der Waals surface area contributed by atoms with Crippen molar-refractivity contribution >= 4 is 28.6 Å². The van der Waals surface area contributed by atoms with Gasteiger partial charge in [-0.15, -0.1) is 0 Å². The number of carbonyl (C=O) groups is 2. The van der Waals surface area contributed by atoms with Gasteiger partial charge in [0.1, 0.15) is 0 Å². The number of carbonyl (C=O) groups excluding carboxylic acids is 2. The Morgan fingerprint density at radius 3 is 2.06 bits per heavy atom. The molecule has 0 unspecified atom stereocenters. The van der Waals surface area contributed by atoms with E-state index in [1.54, 1.807) is 0 Å². The fraction of sp³-hybridized carbons (Fsp3) is 0.905. The fourth-order valence-electron chi connectivity index (χ4n) is 3.39. The molecule has 0 bridgehead atoms. The molecule has 0 spiro atoms. The molecule has 0 aliphatic rings. The number of nitrogens with two attached hydrogens (primary N) is 2. The van der Waals surface area contributed by atoms with E-state index in [0.717, 1.165) is 57.2 Å². The van der Waals surface area contributed by atoms with Gasteiger partial charge in [0.2, 0.25) is 0 Å². The second-order valence-electron chi connectivity index (χ2n) is 9.90.